The molecule has 0 atom stereocenters. The van der Waals surface area contributed by atoms with E-state index in [9.17, 15) is 4.79 Å². The van der Waals surface area contributed by atoms with Crippen molar-refractivity contribution in [1.82, 2.24) is 0 Å². The van der Waals surface area contributed by atoms with Crippen molar-refractivity contribution in [2.75, 3.05) is 0 Å². The van der Waals surface area contributed by atoms with Crippen LogP contribution in [0.3, 0.4) is 0 Å². The SMILES string of the molecule is C=CCCCCCCCCCCCCCCCCCCC(=O)Cl. The van der Waals surface area contributed by atoms with Gasteiger partial charge in [-0.15, -0.1) is 6.58 Å². The van der Waals surface area contributed by atoms with Crippen LogP contribution in [0.5, 0.6) is 0 Å². The van der Waals surface area contributed by atoms with E-state index >= 15 is 0 Å². The van der Waals surface area contributed by atoms with Crippen LogP contribution in [-0.4, -0.2) is 5.24 Å². The molecule has 0 spiro atoms. The van der Waals surface area contributed by atoms with Crippen LogP contribution in [0.4, 0.5) is 0 Å². The standard InChI is InChI=1S/C21H39ClO/c1-2-3-4-5-6-7-8-9-10-11-12-13-14-15-16-17-18-19-20-21(22)23/h2H,1,3-20H2. The number of carbonyl (C=O) groups is 1. The van der Waals surface area contributed by atoms with E-state index in [1.54, 1.807) is 0 Å². The number of allylic oxidation sites excluding steroid dienone is 1. The zero-order valence-electron chi connectivity index (χ0n) is 15.3. The summed E-state index contributed by atoms with van der Waals surface area (Å²) < 4.78 is 0. The molecule has 0 saturated carbocycles. The molecular formula is C21H39ClO. The highest BCUT2D eigenvalue weighted by Gasteiger charge is 1.97. The molecule has 0 aliphatic heterocycles. The average Bonchev–Trinajstić information content (AvgIpc) is 2.53. The summed E-state index contributed by atoms with van der Waals surface area (Å²) in [6, 6.07) is 0. The Morgan fingerprint density at radius 1 is 0.609 bits per heavy atom. The maximum atomic E-state index is 10.6. The highest BCUT2D eigenvalue weighted by molar-refractivity contribution is 6.63. The maximum absolute atomic E-state index is 10.6. The molecule has 0 aliphatic carbocycles. The third-order valence-electron chi connectivity index (χ3n) is 4.53. The molecular weight excluding hydrogens is 304 g/mol. The lowest BCUT2D eigenvalue weighted by atomic mass is 10.0. The van der Waals surface area contributed by atoms with Gasteiger partial charge in [0.25, 0.3) is 0 Å². The van der Waals surface area contributed by atoms with Gasteiger partial charge in [-0.25, -0.2) is 0 Å². The molecule has 0 bridgehead atoms. The van der Waals surface area contributed by atoms with Crippen molar-refractivity contribution >= 4 is 16.8 Å². The first-order valence-corrected chi connectivity index (χ1v) is 10.4. The Bertz CT molecular complexity index is 263. The molecule has 0 radical (unpaired) electrons. The lowest BCUT2D eigenvalue weighted by molar-refractivity contribution is -0.111. The Balaban J connectivity index is 2.97. The molecule has 0 aromatic rings. The van der Waals surface area contributed by atoms with Gasteiger partial charge in [-0.1, -0.05) is 96.0 Å². The Hall–Kier alpha value is -0.300. The molecule has 0 fully saturated rings. The number of hydrogen-bond acceptors (Lipinski definition) is 1. The van der Waals surface area contributed by atoms with Crippen molar-refractivity contribution < 1.29 is 4.79 Å². The zero-order chi connectivity index (χ0) is 17.0. The molecule has 0 rings (SSSR count). The van der Waals surface area contributed by atoms with Crippen molar-refractivity contribution in [1.29, 1.82) is 0 Å². The van der Waals surface area contributed by atoms with Crippen LogP contribution in [0.25, 0.3) is 0 Å². The number of halogens is 1. The van der Waals surface area contributed by atoms with Gasteiger partial charge in [0.15, 0.2) is 0 Å². The molecule has 0 heterocycles. The van der Waals surface area contributed by atoms with Crippen molar-refractivity contribution in [3.8, 4) is 0 Å². The fourth-order valence-corrected chi connectivity index (χ4v) is 3.16. The fraction of sp³-hybridized carbons (Fsp3) is 0.857. The van der Waals surface area contributed by atoms with Gasteiger partial charge in [-0.3, -0.25) is 4.79 Å². The van der Waals surface area contributed by atoms with Gasteiger partial charge in [-0.05, 0) is 30.9 Å². The van der Waals surface area contributed by atoms with E-state index in [1.807, 2.05) is 6.08 Å². The van der Waals surface area contributed by atoms with Crippen molar-refractivity contribution in [2.45, 2.75) is 116 Å². The van der Waals surface area contributed by atoms with E-state index in [0.29, 0.717) is 6.42 Å². The van der Waals surface area contributed by atoms with Crippen LogP contribution in [-0.2, 0) is 4.79 Å². The second kappa shape index (κ2) is 19.7. The summed E-state index contributed by atoms with van der Waals surface area (Å²) in [6.45, 7) is 3.76. The smallest absolute Gasteiger partial charge is 0.221 e. The molecule has 0 N–H and O–H groups in total. The fourth-order valence-electron chi connectivity index (χ4n) is 3.03. The predicted molar refractivity (Wildman–Crippen MR) is 104 cm³/mol. The Morgan fingerprint density at radius 2 is 0.913 bits per heavy atom. The van der Waals surface area contributed by atoms with E-state index < -0.39 is 0 Å². The monoisotopic (exact) mass is 342 g/mol. The summed E-state index contributed by atoms with van der Waals surface area (Å²) in [5.41, 5.74) is 0. The molecule has 1 nitrogen and oxygen atoms in total. The van der Waals surface area contributed by atoms with Gasteiger partial charge in [0.2, 0.25) is 5.24 Å². The molecule has 0 amide bonds. The van der Waals surface area contributed by atoms with E-state index in [0.717, 1.165) is 12.8 Å². The number of carbonyl (C=O) groups excluding carboxylic acids is 1. The van der Waals surface area contributed by atoms with Crippen LogP contribution in [0, 0.1) is 0 Å². The summed E-state index contributed by atoms with van der Waals surface area (Å²) >= 11 is 5.31. The first-order valence-electron chi connectivity index (χ1n) is 10.1. The topological polar surface area (TPSA) is 17.1 Å². The van der Waals surface area contributed by atoms with Gasteiger partial charge in [0.1, 0.15) is 0 Å². The minimum Gasteiger partial charge on any atom is -0.281 e. The van der Waals surface area contributed by atoms with E-state index in [4.69, 9.17) is 11.6 Å². The molecule has 0 aromatic heterocycles. The van der Waals surface area contributed by atoms with Gasteiger partial charge in [0.05, 0.1) is 0 Å². The summed E-state index contributed by atoms with van der Waals surface area (Å²) in [5.74, 6) is 0. The highest BCUT2D eigenvalue weighted by Crippen LogP contribution is 2.14. The normalized spacial score (nSPS) is 10.8. The summed E-state index contributed by atoms with van der Waals surface area (Å²) in [4.78, 5) is 10.6. The van der Waals surface area contributed by atoms with Gasteiger partial charge < -0.3 is 0 Å². The largest absolute Gasteiger partial charge is 0.281 e. The first kappa shape index (κ1) is 22.7. The minimum absolute atomic E-state index is 0.183. The lowest BCUT2D eigenvalue weighted by Crippen LogP contribution is -1.86. The number of hydrogen-bond donors (Lipinski definition) is 0. The Morgan fingerprint density at radius 3 is 1.22 bits per heavy atom. The van der Waals surface area contributed by atoms with Crippen molar-refractivity contribution in [3.63, 3.8) is 0 Å². The molecule has 23 heavy (non-hydrogen) atoms. The third-order valence-corrected chi connectivity index (χ3v) is 4.72. The number of unbranched alkanes of at least 4 members (excludes halogenated alkanes) is 16. The van der Waals surface area contributed by atoms with Crippen molar-refractivity contribution in [2.24, 2.45) is 0 Å². The minimum atomic E-state index is -0.183. The molecule has 2 heteroatoms. The molecule has 0 aromatic carbocycles. The second-order valence-corrected chi connectivity index (χ2v) is 7.26. The summed E-state index contributed by atoms with van der Waals surface area (Å²) in [5, 5.41) is -0.183. The van der Waals surface area contributed by atoms with Gasteiger partial charge >= 0.3 is 0 Å². The highest BCUT2D eigenvalue weighted by atomic mass is 35.5. The van der Waals surface area contributed by atoms with Crippen LogP contribution >= 0.6 is 11.6 Å². The molecule has 0 unspecified atom stereocenters. The summed E-state index contributed by atoms with van der Waals surface area (Å²) in [6.07, 6.45) is 25.3. The Kier molecular flexibility index (Phi) is 19.5. The van der Waals surface area contributed by atoms with Crippen LogP contribution in [0.15, 0.2) is 12.7 Å². The zero-order valence-corrected chi connectivity index (χ0v) is 16.1. The van der Waals surface area contributed by atoms with E-state index in [-0.39, 0.29) is 5.24 Å². The van der Waals surface area contributed by atoms with Crippen LogP contribution < -0.4 is 0 Å². The maximum Gasteiger partial charge on any atom is 0.221 e. The van der Waals surface area contributed by atoms with Gasteiger partial charge in [-0.2, -0.15) is 0 Å². The average molecular weight is 343 g/mol. The predicted octanol–water partition coefficient (Wildman–Crippen LogP) is 7.96. The molecule has 136 valence electrons. The molecule has 0 aliphatic rings. The number of rotatable bonds is 19. The van der Waals surface area contributed by atoms with Crippen molar-refractivity contribution in [3.05, 3.63) is 12.7 Å². The second-order valence-electron chi connectivity index (χ2n) is 6.84. The third kappa shape index (κ3) is 21.7. The first-order chi connectivity index (χ1) is 11.3. The quantitative estimate of drug-likeness (QED) is 0.132. The van der Waals surface area contributed by atoms with Crippen LogP contribution in [0.1, 0.15) is 116 Å². The van der Waals surface area contributed by atoms with E-state index in [2.05, 4.69) is 6.58 Å². The van der Waals surface area contributed by atoms with Gasteiger partial charge in [0, 0.05) is 6.42 Å². The van der Waals surface area contributed by atoms with Crippen LogP contribution in [0.2, 0.25) is 0 Å². The van der Waals surface area contributed by atoms with E-state index in [1.165, 1.54) is 96.3 Å². The summed E-state index contributed by atoms with van der Waals surface area (Å²) in [7, 11) is 0. The lowest BCUT2D eigenvalue weighted by Gasteiger charge is -2.03. The Labute approximate surface area is 150 Å². The molecule has 0 saturated heterocycles.